The Morgan fingerprint density at radius 3 is 2.61 bits per heavy atom. The van der Waals surface area contributed by atoms with E-state index >= 15 is 0 Å². The molecular formula is C36H32ClN5O2. The predicted molar refractivity (Wildman–Crippen MR) is 178 cm³/mol. The molecule has 1 saturated heterocycles. The van der Waals surface area contributed by atoms with Crippen molar-refractivity contribution in [1.82, 2.24) is 14.5 Å². The summed E-state index contributed by atoms with van der Waals surface area (Å²) in [5.74, 6) is -0.00962. The lowest BCUT2D eigenvalue weighted by molar-refractivity contribution is -0.126. The van der Waals surface area contributed by atoms with Crippen molar-refractivity contribution in [2.24, 2.45) is 0 Å². The van der Waals surface area contributed by atoms with Gasteiger partial charge in [0.15, 0.2) is 0 Å². The summed E-state index contributed by atoms with van der Waals surface area (Å²) in [4.78, 5) is 35.1. The highest BCUT2D eigenvalue weighted by Crippen LogP contribution is 2.41. The second-order valence-electron chi connectivity index (χ2n) is 11.5. The summed E-state index contributed by atoms with van der Waals surface area (Å²) in [6, 6.07) is 21.7. The molecule has 44 heavy (non-hydrogen) atoms. The van der Waals surface area contributed by atoms with Crippen LogP contribution in [-0.4, -0.2) is 46.0 Å². The number of benzene rings is 3. The number of amides is 1. The Morgan fingerprint density at radius 1 is 1.09 bits per heavy atom. The molecule has 0 aliphatic carbocycles. The van der Waals surface area contributed by atoms with Crippen LogP contribution >= 0.6 is 11.6 Å². The molecule has 1 aliphatic rings. The fraction of sp³-hybridized carbons (Fsp3) is 0.222. The van der Waals surface area contributed by atoms with Crippen LogP contribution in [0.4, 0.5) is 5.69 Å². The van der Waals surface area contributed by atoms with Crippen LogP contribution < -0.4 is 10.5 Å². The molecule has 3 heterocycles. The number of hydrogen-bond donors (Lipinski definition) is 0. The van der Waals surface area contributed by atoms with E-state index in [9.17, 15) is 14.9 Å². The maximum absolute atomic E-state index is 14.5. The number of rotatable bonds is 5. The van der Waals surface area contributed by atoms with E-state index in [1.54, 1.807) is 15.7 Å². The molecule has 1 aliphatic heterocycles. The van der Waals surface area contributed by atoms with Gasteiger partial charge in [0.1, 0.15) is 11.6 Å². The summed E-state index contributed by atoms with van der Waals surface area (Å²) in [7, 11) is 0. The second-order valence-corrected chi connectivity index (χ2v) is 11.9. The summed E-state index contributed by atoms with van der Waals surface area (Å²) in [5.41, 5.74) is 4.21. The number of halogens is 1. The van der Waals surface area contributed by atoms with Gasteiger partial charge in [-0.15, -0.1) is 0 Å². The van der Waals surface area contributed by atoms with Crippen molar-refractivity contribution in [2.45, 2.75) is 32.7 Å². The van der Waals surface area contributed by atoms with E-state index < -0.39 is 5.56 Å². The highest BCUT2D eigenvalue weighted by atomic mass is 35.5. The van der Waals surface area contributed by atoms with Crippen LogP contribution in [0.2, 0.25) is 5.02 Å². The molecule has 0 bridgehead atoms. The van der Waals surface area contributed by atoms with Crippen LogP contribution in [0.3, 0.4) is 0 Å². The zero-order valence-electron chi connectivity index (χ0n) is 24.9. The van der Waals surface area contributed by atoms with Gasteiger partial charge in [-0.2, -0.15) is 5.26 Å². The summed E-state index contributed by atoms with van der Waals surface area (Å²) in [6.45, 7) is 11.1. The first-order chi connectivity index (χ1) is 21.2. The third-order valence-electron chi connectivity index (χ3n) is 8.52. The number of pyridine rings is 2. The van der Waals surface area contributed by atoms with Gasteiger partial charge in [-0.25, -0.2) is 0 Å². The summed E-state index contributed by atoms with van der Waals surface area (Å²) < 4.78 is 1.66. The molecule has 1 amide bonds. The van der Waals surface area contributed by atoms with E-state index in [1.807, 2.05) is 73.8 Å². The van der Waals surface area contributed by atoms with Crippen molar-refractivity contribution < 1.29 is 4.79 Å². The summed E-state index contributed by atoms with van der Waals surface area (Å²) in [5, 5.41) is 13.7. The lowest BCUT2D eigenvalue weighted by Gasteiger charge is -2.41. The number of fused-ring (bicyclic) bond motifs is 2. The molecule has 8 heteroatoms. The largest absolute Gasteiger partial charge is 0.363 e. The molecule has 0 radical (unpaired) electrons. The van der Waals surface area contributed by atoms with Gasteiger partial charge in [0.05, 0.1) is 16.9 Å². The maximum atomic E-state index is 14.5. The number of para-hydroxylation sites is 1. The van der Waals surface area contributed by atoms with Crippen LogP contribution in [-0.2, 0) is 4.79 Å². The first kappa shape index (κ1) is 29.2. The minimum atomic E-state index is -0.396. The van der Waals surface area contributed by atoms with Gasteiger partial charge in [0.2, 0.25) is 5.91 Å². The highest BCUT2D eigenvalue weighted by molar-refractivity contribution is 6.35. The molecule has 0 spiro atoms. The molecule has 5 aromatic rings. The van der Waals surface area contributed by atoms with Crippen LogP contribution in [0, 0.1) is 11.3 Å². The number of nitrogens with zero attached hydrogens (tertiary/aromatic N) is 5. The third kappa shape index (κ3) is 4.82. The van der Waals surface area contributed by atoms with Crippen molar-refractivity contribution in [2.75, 3.05) is 24.5 Å². The monoisotopic (exact) mass is 601 g/mol. The molecule has 6 rings (SSSR count). The van der Waals surface area contributed by atoms with Gasteiger partial charge in [-0.1, -0.05) is 68.4 Å². The van der Waals surface area contributed by atoms with E-state index in [1.165, 1.54) is 6.08 Å². The SMILES string of the molecule is C=CC(=O)N1CCN(c2c(C#N)c(=O)n(-c3ccccc3C(C)C)c3cc(-c4cccc5ccncc45)c(Cl)cc23)[C@@H](C)C1. The number of anilines is 1. The number of nitriles is 1. The van der Waals surface area contributed by atoms with Gasteiger partial charge in [-0.3, -0.25) is 19.1 Å². The highest BCUT2D eigenvalue weighted by Gasteiger charge is 2.31. The lowest BCUT2D eigenvalue weighted by Crippen LogP contribution is -2.54. The topological polar surface area (TPSA) is 82.2 Å². The number of hydrogen-bond acceptors (Lipinski definition) is 5. The molecule has 7 nitrogen and oxygen atoms in total. The van der Waals surface area contributed by atoms with Gasteiger partial charge < -0.3 is 9.80 Å². The smallest absolute Gasteiger partial charge is 0.275 e. The standard InChI is InChI=1S/C36H32ClN5O2/c1-5-34(43)40-15-16-41(23(4)21-40)35-28-17-31(37)27(26-11-8-9-24-13-14-39-20-30(24)26)18-33(28)42(36(44)29(35)19-38)32-12-7-6-10-25(32)22(2)3/h5-14,17-18,20,22-23H,1,15-16,21H2,2-4H3/t23-/m0/s1. The second kappa shape index (κ2) is 11.6. The van der Waals surface area contributed by atoms with E-state index in [4.69, 9.17) is 11.6 Å². The van der Waals surface area contributed by atoms with Crippen LogP contribution in [0.25, 0.3) is 38.5 Å². The molecular weight excluding hydrogens is 570 g/mol. The molecule has 3 aromatic carbocycles. The van der Waals surface area contributed by atoms with Crippen molar-refractivity contribution >= 4 is 44.9 Å². The Bertz CT molecular complexity index is 2050. The molecule has 1 fully saturated rings. The van der Waals surface area contributed by atoms with Crippen molar-refractivity contribution in [1.29, 1.82) is 5.26 Å². The lowest BCUT2D eigenvalue weighted by atomic mass is 9.95. The fourth-order valence-electron chi connectivity index (χ4n) is 6.39. The maximum Gasteiger partial charge on any atom is 0.275 e. The molecule has 0 N–H and O–H groups in total. The first-order valence-corrected chi connectivity index (χ1v) is 15.1. The zero-order chi connectivity index (χ0) is 31.1. The van der Waals surface area contributed by atoms with Gasteiger partial charge in [0, 0.05) is 59.4 Å². The van der Waals surface area contributed by atoms with Crippen molar-refractivity contribution in [3.05, 3.63) is 112 Å². The Balaban J connectivity index is 1.70. The van der Waals surface area contributed by atoms with Gasteiger partial charge in [-0.05, 0) is 59.7 Å². The minimum absolute atomic E-state index is 0.0459. The van der Waals surface area contributed by atoms with Crippen LogP contribution in [0.1, 0.15) is 37.8 Å². The summed E-state index contributed by atoms with van der Waals surface area (Å²) >= 11 is 7.11. The Morgan fingerprint density at radius 2 is 1.89 bits per heavy atom. The van der Waals surface area contributed by atoms with Gasteiger partial charge in [0.25, 0.3) is 5.56 Å². The van der Waals surface area contributed by atoms with Gasteiger partial charge >= 0.3 is 0 Å². The Kier molecular flexibility index (Phi) is 7.71. The molecule has 1 atom stereocenters. The quantitative estimate of drug-likeness (QED) is 0.201. The number of carbonyl (C=O) groups excluding carboxylic acids is 1. The van der Waals surface area contributed by atoms with Crippen LogP contribution in [0.5, 0.6) is 0 Å². The van der Waals surface area contributed by atoms with E-state index in [0.29, 0.717) is 41.2 Å². The molecule has 2 aromatic heterocycles. The minimum Gasteiger partial charge on any atom is -0.363 e. The number of carbonyl (C=O) groups is 1. The van der Waals surface area contributed by atoms with E-state index in [2.05, 4.69) is 36.4 Å². The van der Waals surface area contributed by atoms with Crippen molar-refractivity contribution in [3.8, 4) is 22.9 Å². The van der Waals surface area contributed by atoms with Crippen molar-refractivity contribution in [3.63, 3.8) is 0 Å². The molecule has 0 unspecified atom stereocenters. The molecule has 220 valence electrons. The Labute approximate surface area is 261 Å². The molecule has 0 saturated carbocycles. The third-order valence-corrected chi connectivity index (χ3v) is 8.83. The summed E-state index contributed by atoms with van der Waals surface area (Å²) in [6.07, 6.45) is 4.89. The normalized spacial score (nSPS) is 15.1. The predicted octanol–water partition coefficient (Wildman–Crippen LogP) is 7.08. The number of aromatic nitrogens is 2. The Hall–Kier alpha value is -4.93. The average Bonchev–Trinajstić information content (AvgIpc) is 3.03. The first-order valence-electron chi connectivity index (χ1n) is 14.7. The number of piperazine rings is 1. The van der Waals surface area contributed by atoms with Crippen LogP contribution in [0.15, 0.2) is 90.5 Å². The fourth-order valence-corrected chi connectivity index (χ4v) is 6.65. The van der Waals surface area contributed by atoms with E-state index in [0.717, 1.165) is 33.2 Å². The average molecular weight is 602 g/mol. The van der Waals surface area contributed by atoms with E-state index in [-0.39, 0.29) is 23.4 Å². The zero-order valence-corrected chi connectivity index (χ0v) is 25.7.